The van der Waals surface area contributed by atoms with Gasteiger partial charge in [-0.3, -0.25) is 14.5 Å². The van der Waals surface area contributed by atoms with Gasteiger partial charge in [-0.15, -0.1) is 0 Å². The summed E-state index contributed by atoms with van der Waals surface area (Å²) in [5.74, 6) is -4.57. The molecule has 306 valence electrons. The summed E-state index contributed by atoms with van der Waals surface area (Å²) in [6, 6.07) is 14.6. The molecule has 1 saturated heterocycles. The molecular weight excluding hydrogens is 774 g/mol. The third kappa shape index (κ3) is 7.98. The van der Waals surface area contributed by atoms with Crippen LogP contribution in [-0.4, -0.2) is 57.1 Å². The molecule has 6 atom stereocenters. The molecule has 5 unspecified atom stereocenters. The number of benzene rings is 2. The molecule has 1 N–H and O–H groups in total. The van der Waals surface area contributed by atoms with Gasteiger partial charge >= 0.3 is 13.2 Å². The van der Waals surface area contributed by atoms with Crippen LogP contribution in [0.4, 0.5) is 27.6 Å². The number of fused-ring (bicyclic) bond motifs is 1. The largest absolute Gasteiger partial charge is 0.433 e. The molecule has 7 rings (SSSR count). The van der Waals surface area contributed by atoms with Gasteiger partial charge in [0.1, 0.15) is 5.82 Å². The van der Waals surface area contributed by atoms with Gasteiger partial charge in [0.05, 0.1) is 17.0 Å². The number of rotatable bonds is 15. The van der Waals surface area contributed by atoms with Crippen molar-refractivity contribution >= 4 is 21.5 Å². The number of nitrogens with one attached hydrogen (secondary N) is 1. The number of aromatic nitrogens is 1. The van der Waals surface area contributed by atoms with Gasteiger partial charge in [-0.1, -0.05) is 45.0 Å². The second kappa shape index (κ2) is 15.9. The minimum Gasteiger partial charge on any atom is -0.433 e. The molecule has 1 aliphatic heterocycles. The number of carbonyl (C=O) groups excluding carboxylic acids is 1. The molecule has 3 fully saturated rings. The lowest BCUT2D eigenvalue weighted by Crippen LogP contribution is -2.47. The Hall–Kier alpha value is -4.22. The Labute approximate surface area is 328 Å². The zero-order chi connectivity index (χ0) is 40.8. The van der Waals surface area contributed by atoms with Crippen molar-refractivity contribution in [1.29, 1.82) is 0 Å². The number of nitrogens with zero attached hydrogens (tertiary/aromatic N) is 2. The van der Waals surface area contributed by atoms with E-state index in [-0.39, 0.29) is 41.4 Å². The van der Waals surface area contributed by atoms with Crippen molar-refractivity contribution in [1.82, 2.24) is 9.71 Å². The monoisotopic (exact) mass is 817 g/mol. The third-order valence-electron chi connectivity index (χ3n) is 11.9. The fourth-order valence-electron chi connectivity index (χ4n) is 9.09. The Bertz CT molecular complexity index is 2130. The van der Waals surface area contributed by atoms with Crippen LogP contribution in [-0.2, 0) is 35.5 Å². The maximum absolute atomic E-state index is 15.2. The minimum atomic E-state index is -4.07. The van der Waals surface area contributed by atoms with Crippen molar-refractivity contribution in [2.24, 2.45) is 22.7 Å². The van der Waals surface area contributed by atoms with E-state index >= 15 is 4.79 Å². The lowest BCUT2D eigenvalue weighted by atomic mass is 9.74. The smallest absolute Gasteiger partial charge is 0.387 e. The Morgan fingerprint density at radius 3 is 2.53 bits per heavy atom. The first kappa shape index (κ1) is 41.0. The van der Waals surface area contributed by atoms with Gasteiger partial charge in [-0.25, -0.2) is 17.5 Å². The number of hydrogen-bond acceptors (Lipinski definition) is 9. The summed E-state index contributed by atoms with van der Waals surface area (Å²) in [4.78, 5) is 21.0. The molecular formula is C41H44F5N3O7S. The highest BCUT2D eigenvalue weighted by atomic mass is 32.2. The normalized spacial score (nSPS) is 28.1. The van der Waals surface area contributed by atoms with E-state index in [1.807, 2.05) is 20.8 Å². The average Bonchev–Trinajstić information content (AvgIpc) is 3.42. The second-order valence-electron chi connectivity index (χ2n) is 15.6. The number of pyridine rings is 1. The Morgan fingerprint density at radius 1 is 1.05 bits per heavy atom. The number of sulfonamides is 1. The van der Waals surface area contributed by atoms with Gasteiger partial charge in [-0.05, 0) is 90.6 Å². The summed E-state index contributed by atoms with van der Waals surface area (Å²) in [6.07, 6.45) is 5.73. The fraction of sp³-hybridized carbons (Fsp3) is 0.463. The Morgan fingerprint density at radius 2 is 1.84 bits per heavy atom. The summed E-state index contributed by atoms with van der Waals surface area (Å²) < 4.78 is 121. The number of Topliss-reactive ketones (excluding diaryl/α,β-unsaturated/α-hetero) is 1. The minimum absolute atomic E-state index is 0.0771. The number of para-hydroxylation sites is 1. The second-order valence-corrected chi connectivity index (χ2v) is 17.3. The van der Waals surface area contributed by atoms with E-state index in [4.69, 9.17) is 18.9 Å². The van der Waals surface area contributed by atoms with Crippen LogP contribution in [0.3, 0.4) is 0 Å². The highest BCUT2D eigenvalue weighted by Gasteiger charge is 2.76. The highest BCUT2D eigenvalue weighted by Crippen LogP contribution is 2.76. The van der Waals surface area contributed by atoms with Gasteiger partial charge < -0.3 is 19.1 Å². The van der Waals surface area contributed by atoms with E-state index in [1.54, 1.807) is 53.7 Å². The first-order valence-electron chi connectivity index (χ1n) is 18.8. The molecule has 57 heavy (non-hydrogen) atoms. The predicted molar refractivity (Wildman–Crippen MR) is 198 cm³/mol. The van der Waals surface area contributed by atoms with Crippen LogP contribution in [0.2, 0.25) is 0 Å². The molecule has 0 amide bonds. The number of halogens is 5. The molecule has 3 aliphatic carbocycles. The number of alkyl halides is 4. The zero-order valence-corrected chi connectivity index (χ0v) is 32.4. The van der Waals surface area contributed by atoms with E-state index in [0.717, 1.165) is 18.2 Å². The van der Waals surface area contributed by atoms with Crippen LogP contribution in [0, 0.1) is 28.5 Å². The fourth-order valence-corrected chi connectivity index (χ4v) is 10.5. The van der Waals surface area contributed by atoms with Crippen LogP contribution < -0.4 is 9.62 Å². The Kier molecular flexibility index (Phi) is 11.4. The summed E-state index contributed by atoms with van der Waals surface area (Å²) in [6.45, 7) is -0.639. The standard InChI is InChI=1S/C41H44F5N3O7S/c1-25-21-40(33(39(40,2)3)20-31(25)48-57(51,52)29-11-6-10-27(42)19-29)36(50)30-12-4-5-13-32(30)49(24-26-9-7-17-47-23-26)28-15-16-34(54-37(43)44)41(22-28,56-38(45)46)55-35-14-8-18-53-35/h4-7,9-13,15-17,19,23,25,31,33,35,37-38,48H,8,14,18,20-22,24H2,1-3H3/t25?,31?,33?,35?,40?,41-/m1/s1. The number of ether oxygens (including phenoxy) is 4. The number of allylic oxidation sites excluding steroid dienone is 2. The number of hydrogen-bond donors (Lipinski definition) is 1. The molecule has 2 aromatic carbocycles. The van der Waals surface area contributed by atoms with E-state index < -0.39 is 70.2 Å². The van der Waals surface area contributed by atoms with Gasteiger partial charge in [0, 0.05) is 54.7 Å². The van der Waals surface area contributed by atoms with Crippen LogP contribution in [0.15, 0.2) is 102 Å². The first-order chi connectivity index (χ1) is 27.1. The van der Waals surface area contributed by atoms with Crippen molar-refractivity contribution < 1.29 is 54.1 Å². The SMILES string of the molecule is CC1CC2(C(=O)c3ccccc3N(Cc3cccnc3)C3=CC=C(OC(F)F)[C@@](OC(F)F)(OC4CCCO4)C3)C(CC1NS(=O)(=O)c1cccc(F)c1)C2(C)C. The number of ketones is 1. The third-order valence-corrected chi connectivity index (χ3v) is 13.4. The zero-order valence-electron chi connectivity index (χ0n) is 31.5. The maximum Gasteiger partial charge on any atom is 0.387 e. The highest BCUT2D eigenvalue weighted by molar-refractivity contribution is 7.89. The topological polar surface area (TPSA) is 116 Å². The molecule has 1 aromatic heterocycles. The van der Waals surface area contributed by atoms with Crippen LogP contribution in [0.5, 0.6) is 0 Å². The van der Waals surface area contributed by atoms with Gasteiger partial charge in [0.25, 0.3) is 0 Å². The quantitative estimate of drug-likeness (QED) is 0.0919. The van der Waals surface area contributed by atoms with Crippen molar-refractivity contribution in [2.75, 3.05) is 11.5 Å². The number of carbonyl (C=O) groups is 1. The molecule has 0 radical (unpaired) electrons. The van der Waals surface area contributed by atoms with Crippen molar-refractivity contribution in [3.05, 3.63) is 114 Å². The van der Waals surface area contributed by atoms with Gasteiger partial charge in [-0.2, -0.15) is 17.6 Å². The summed E-state index contributed by atoms with van der Waals surface area (Å²) >= 11 is 0. The Balaban J connectivity index is 1.25. The van der Waals surface area contributed by atoms with Gasteiger partial charge in [0.15, 0.2) is 17.8 Å². The molecule has 2 saturated carbocycles. The van der Waals surface area contributed by atoms with E-state index in [1.165, 1.54) is 18.2 Å². The lowest BCUT2D eigenvalue weighted by Gasteiger charge is -2.41. The molecule has 0 spiro atoms. The van der Waals surface area contributed by atoms with Crippen molar-refractivity contribution in [2.45, 2.75) is 95.7 Å². The number of anilines is 1. The van der Waals surface area contributed by atoms with Gasteiger partial charge in [0.2, 0.25) is 15.8 Å². The summed E-state index contributed by atoms with van der Waals surface area (Å²) in [7, 11) is -4.07. The van der Waals surface area contributed by atoms with Crippen molar-refractivity contribution in [3.8, 4) is 0 Å². The van der Waals surface area contributed by atoms with E-state index in [9.17, 15) is 30.4 Å². The van der Waals surface area contributed by atoms with Crippen molar-refractivity contribution in [3.63, 3.8) is 0 Å². The van der Waals surface area contributed by atoms with Crippen LogP contribution in [0.1, 0.15) is 68.8 Å². The van der Waals surface area contributed by atoms with E-state index in [0.29, 0.717) is 42.5 Å². The van der Waals surface area contributed by atoms with Crippen LogP contribution >= 0.6 is 0 Å². The van der Waals surface area contributed by atoms with E-state index in [2.05, 4.69) is 9.71 Å². The summed E-state index contributed by atoms with van der Waals surface area (Å²) in [5, 5.41) is 0. The predicted octanol–water partition coefficient (Wildman–Crippen LogP) is 8.33. The molecule has 2 heterocycles. The molecule has 16 heteroatoms. The molecule has 4 aliphatic rings. The summed E-state index contributed by atoms with van der Waals surface area (Å²) in [5.41, 5.74) is 0.248. The molecule has 0 bridgehead atoms. The lowest BCUT2D eigenvalue weighted by molar-refractivity contribution is -0.350. The molecule has 3 aromatic rings. The maximum atomic E-state index is 15.2. The first-order valence-corrected chi connectivity index (χ1v) is 20.2. The van der Waals surface area contributed by atoms with Crippen LogP contribution in [0.25, 0.3) is 0 Å². The average molecular weight is 818 g/mol. The molecule has 10 nitrogen and oxygen atoms in total.